The molecule has 0 atom stereocenters. The van der Waals surface area contributed by atoms with E-state index in [1.807, 2.05) is 0 Å². The number of phenols is 1. The van der Waals surface area contributed by atoms with Crippen molar-refractivity contribution in [2.45, 2.75) is 56.8 Å². The summed E-state index contributed by atoms with van der Waals surface area (Å²) in [6.45, 7) is 2.15. The smallest absolute Gasteiger partial charge is 0.294 e. The van der Waals surface area contributed by atoms with Gasteiger partial charge in [-0.05, 0) is 25.0 Å². The van der Waals surface area contributed by atoms with Crippen molar-refractivity contribution < 1.29 is 18.1 Å². The van der Waals surface area contributed by atoms with Crippen molar-refractivity contribution in [3.8, 4) is 5.75 Å². The summed E-state index contributed by atoms with van der Waals surface area (Å²) in [5.41, 5.74) is 0.320. The SMILES string of the molecule is CCCCCCCCc1c(O)cccc1S(=O)(=O)O. The molecule has 1 aromatic carbocycles. The fourth-order valence-electron chi connectivity index (χ4n) is 2.13. The van der Waals surface area contributed by atoms with Gasteiger partial charge in [-0.1, -0.05) is 45.1 Å². The van der Waals surface area contributed by atoms with Crippen LogP contribution in [0.5, 0.6) is 5.75 Å². The van der Waals surface area contributed by atoms with Gasteiger partial charge in [0.25, 0.3) is 10.1 Å². The zero-order chi connectivity index (χ0) is 14.3. The summed E-state index contributed by atoms with van der Waals surface area (Å²) in [7, 11) is -4.27. The summed E-state index contributed by atoms with van der Waals surface area (Å²) in [6, 6.07) is 4.19. The van der Waals surface area contributed by atoms with Gasteiger partial charge in [-0.2, -0.15) is 8.42 Å². The molecule has 0 amide bonds. The van der Waals surface area contributed by atoms with E-state index in [0.29, 0.717) is 12.0 Å². The van der Waals surface area contributed by atoms with Crippen molar-refractivity contribution in [2.75, 3.05) is 0 Å². The van der Waals surface area contributed by atoms with E-state index in [-0.39, 0.29) is 10.6 Å². The van der Waals surface area contributed by atoms with Gasteiger partial charge in [0.2, 0.25) is 0 Å². The first-order valence-corrected chi connectivity index (χ1v) is 8.19. The van der Waals surface area contributed by atoms with Crippen LogP contribution in [0, 0.1) is 0 Å². The van der Waals surface area contributed by atoms with Gasteiger partial charge in [0.1, 0.15) is 10.6 Å². The van der Waals surface area contributed by atoms with Crippen LogP contribution < -0.4 is 0 Å². The Morgan fingerprint density at radius 3 is 2.32 bits per heavy atom. The molecule has 108 valence electrons. The highest BCUT2D eigenvalue weighted by atomic mass is 32.2. The van der Waals surface area contributed by atoms with Crippen molar-refractivity contribution in [1.29, 1.82) is 0 Å². The highest BCUT2D eigenvalue weighted by Gasteiger charge is 2.17. The molecule has 0 saturated heterocycles. The first kappa shape index (κ1) is 16.0. The summed E-state index contributed by atoms with van der Waals surface area (Å²) in [5, 5.41) is 9.72. The monoisotopic (exact) mass is 286 g/mol. The van der Waals surface area contributed by atoms with Crippen molar-refractivity contribution in [2.24, 2.45) is 0 Å². The van der Waals surface area contributed by atoms with Gasteiger partial charge >= 0.3 is 0 Å². The normalized spacial score (nSPS) is 11.7. The maximum Gasteiger partial charge on any atom is 0.294 e. The Hall–Kier alpha value is -1.07. The van der Waals surface area contributed by atoms with Gasteiger partial charge in [0.05, 0.1) is 0 Å². The van der Waals surface area contributed by atoms with Crippen LogP contribution in [-0.4, -0.2) is 18.1 Å². The predicted octanol–water partition coefficient (Wildman–Crippen LogP) is 3.54. The van der Waals surface area contributed by atoms with Gasteiger partial charge in [-0.3, -0.25) is 4.55 Å². The Labute approximate surface area is 115 Å². The molecule has 4 nitrogen and oxygen atoms in total. The lowest BCUT2D eigenvalue weighted by atomic mass is 10.0. The van der Waals surface area contributed by atoms with E-state index < -0.39 is 10.1 Å². The molecule has 0 unspecified atom stereocenters. The first-order valence-electron chi connectivity index (χ1n) is 6.75. The molecule has 0 fully saturated rings. The average Bonchev–Trinajstić information content (AvgIpc) is 2.33. The largest absolute Gasteiger partial charge is 0.508 e. The Morgan fingerprint density at radius 1 is 1.05 bits per heavy atom. The van der Waals surface area contributed by atoms with E-state index in [2.05, 4.69) is 6.92 Å². The minimum Gasteiger partial charge on any atom is -0.508 e. The Kier molecular flexibility index (Phi) is 6.31. The number of aromatic hydroxyl groups is 1. The fraction of sp³-hybridized carbons (Fsp3) is 0.571. The predicted molar refractivity (Wildman–Crippen MR) is 75.0 cm³/mol. The molecule has 0 aliphatic carbocycles. The van der Waals surface area contributed by atoms with Gasteiger partial charge in [-0.25, -0.2) is 0 Å². The third-order valence-corrected chi connectivity index (χ3v) is 4.10. The molecule has 0 aliphatic heterocycles. The number of hydrogen-bond acceptors (Lipinski definition) is 3. The van der Waals surface area contributed by atoms with Crippen LogP contribution in [0.15, 0.2) is 23.1 Å². The molecular formula is C14H22O4S. The highest BCUT2D eigenvalue weighted by Crippen LogP contribution is 2.26. The maximum absolute atomic E-state index is 11.2. The summed E-state index contributed by atoms with van der Waals surface area (Å²) in [4.78, 5) is -0.180. The molecule has 1 rings (SSSR count). The molecule has 1 aromatic rings. The zero-order valence-corrected chi connectivity index (χ0v) is 12.1. The summed E-state index contributed by atoms with van der Waals surface area (Å²) in [5.74, 6) is -0.0660. The van der Waals surface area contributed by atoms with E-state index in [1.54, 1.807) is 0 Å². The number of benzene rings is 1. The minimum absolute atomic E-state index is 0.0660. The second-order valence-electron chi connectivity index (χ2n) is 4.75. The topological polar surface area (TPSA) is 74.6 Å². The van der Waals surface area contributed by atoms with E-state index in [9.17, 15) is 13.5 Å². The van der Waals surface area contributed by atoms with Crippen LogP contribution in [0.2, 0.25) is 0 Å². The molecular weight excluding hydrogens is 264 g/mol. The molecule has 0 spiro atoms. The van der Waals surface area contributed by atoms with Crippen LogP contribution in [0.4, 0.5) is 0 Å². The number of unbranched alkanes of at least 4 members (excludes halogenated alkanes) is 5. The lowest BCUT2D eigenvalue weighted by molar-refractivity contribution is 0.455. The minimum atomic E-state index is -4.27. The number of hydrogen-bond donors (Lipinski definition) is 2. The molecule has 2 N–H and O–H groups in total. The summed E-state index contributed by atoms with van der Waals surface area (Å²) < 4.78 is 31.6. The second-order valence-corrected chi connectivity index (χ2v) is 6.14. The van der Waals surface area contributed by atoms with Crippen molar-refractivity contribution >= 4 is 10.1 Å². The van der Waals surface area contributed by atoms with Crippen LogP contribution in [0.25, 0.3) is 0 Å². The molecule has 0 aliphatic rings. The Bertz CT molecular complexity index is 494. The number of phenolic OH excluding ortho intramolecular Hbond substituents is 1. The number of rotatable bonds is 8. The molecule has 19 heavy (non-hydrogen) atoms. The standard InChI is InChI=1S/C14H22O4S/c1-2-3-4-5-6-7-9-12-13(15)10-8-11-14(12)19(16,17)18/h8,10-11,15H,2-7,9H2,1H3,(H,16,17,18). The molecule has 5 heteroatoms. The second kappa shape index (κ2) is 7.50. The van der Waals surface area contributed by atoms with Gasteiger partial charge < -0.3 is 5.11 Å². The van der Waals surface area contributed by atoms with Crippen LogP contribution in [0.1, 0.15) is 51.0 Å². The van der Waals surface area contributed by atoms with Crippen molar-refractivity contribution in [1.82, 2.24) is 0 Å². The summed E-state index contributed by atoms with van der Waals surface area (Å²) >= 11 is 0. The first-order chi connectivity index (χ1) is 8.96. The molecule has 0 radical (unpaired) electrons. The van der Waals surface area contributed by atoms with Crippen LogP contribution in [-0.2, 0) is 16.5 Å². The van der Waals surface area contributed by atoms with E-state index >= 15 is 0 Å². The van der Waals surface area contributed by atoms with Gasteiger partial charge in [-0.15, -0.1) is 0 Å². The zero-order valence-electron chi connectivity index (χ0n) is 11.3. The van der Waals surface area contributed by atoms with E-state index in [0.717, 1.165) is 19.3 Å². The molecule has 0 saturated carbocycles. The molecule has 0 heterocycles. The lowest BCUT2D eigenvalue weighted by Crippen LogP contribution is -2.03. The maximum atomic E-state index is 11.2. The molecule has 0 bridgehead atoms. The fourth-order valence-corrected chi connectivity index (χ4v) is 2.90. The lowest BCUT2D eigenvalue weighted by Gasteiger charge is -2.09. The third-order valence-electron chi connectivity index (χ3n) is 3.17. The highest BCUT2D eigenvalue weighted by molar-refractivity contribution is 7.85. The van der Waals surface area contributed by atoms with E-state index in [4.69, 9.17) is 4.55 Å². The molecule has 0 aromatic heterocycles. The van der Waals surface area contributed by atoms with Crippen LogP contribution >= 0.6 is 0 Å². The Balaban J connectivity index is 2.63. The quantitative estimate of drug-likeness (QED) is 0.566. The average molecular weight is 286 g/mol. The van der Waals surface area contributed by atoms with Gasteiger partial charge in [0, 0.05) is 5.56 Å². The third kappa shape index (κ3) is 5.20. The van der Waals surface area contributed by atoms with E-state index in [1.165, 1.54) is 37.5 Å². The Morgan fingerprint density at radius 2 is 1.68 bits per heavy atom. The summed E-state index contributed by atoms with van der Waals surface area (Å²) in [6.07, 6.45) is 6.97. The van der Waals surface area contributed by atoms with Crippen LogP contribution in [0.3, 0.4) is 0 Å². The van der Waals surface area contributed by atoms with Crippen molar-refractivity contribution in [3.05, 3.63) is 23.8 Å². The van der Waals surface area contributed by atoms with Crippen molar-refractivity contribution in [3.63, 3.8) is 0 Å². The van der Waals surface area contributed by atoms with Gasteiger partial charge in [0.15, 0.2) is 0 Å².